The molecule has 1 unspecified atom stereocenters. The van der Waals surface area contributed by atoms with E-state index in [1.807, 2.05) is 36.0 Å². The van der Waals surface area contributed by atoms with Crippen molar-refractivity contribution >= 4 is 23.5 Å². The average Bonchev–Trinajstić information content (AvgIpc) is 2.48. The van der Waals surface area contributed by atoms with E-state index in [4.69, 9.17) is 0 Å². The quantitative estimate of drug-likeness (QED) is 0.611. The average molecular weight is 309 g/mol. The van der Waals surface area contributed by atoms with Crippen molar-refractivity contribution in [1.29, 1.82) is 0 Å². The number of amides is 2. The molecular weight excluding hydrogens is 282 g/mol. The van der Waals surface area contributed by atoms with Gasteiger partial charge in [0.25, 0.3) is 0 Å². The standard InChI is InChI=1S/C16H27N3OS/c1-4-17-13(2)14-7-9-15(10-8-14)19-16(20)18-11-5-6-12-21-3/h7-10,13,17H,4-6,11-12H2,1-3H3,(H2,18,19,20). The van der Waals surface area contributed by atoms with Crippen molar-refractivity contribution in [2.45, 2.75) is 32.7 Å². The number of hydrogen-bond acceptors (Lipinski definition) is 3. The van der Waals surface area contributed by atoms with Gasteiger partial charge in [0.2, 0.25) is 0 Å². The lowest BCUT2D eigenvalue weighted by atomic mass is 10.1. The van der Waals surface area contributed by atoms with Crippen molar-refractivity contribution in [1.82, 2.24) is 10.6 Å². The van der Waals surface area contributed by atoms with Crippen molar-refractivity contribution in [2.24, 2.45) is 0 Å². The molecule has 0 spiro atoms. The second kappa shape index (κ2) is 10.5. The summed E-state index contributed by atoms with van der Waals surface area (Å²) in [7, 11) is 0. The molecule has 0 saturated heterocycles. The van der Waals surface area contributed by atoms with Gasteiger partial charge in [0, 0.05) is 18.3 Å². The van der Waals surface area contributed by atoms with Gasteiger partial charge in [0.1, 0.15) is 0 Å². The molecule has 0 bridgehead atoms. The molecule has 1 rings (SSSR count). The van der Waals surface area contributed by atoms with Crippen LogP contribution in [0.25, 0.3) is 0 Å². The molecule has 0 aliphatic carbocycles. The van der Waals surface area contributed by atoms with Gasteiger partial charge in [-0.05, 0) is 56.0 Å². The predicted octanol–water partition coefficient (Wildman–Crippen LogP) is 3.62. The minimum Gasteiger partial charge on any atom is -0.338 e. The molecule has 0 heterocycles. The van der Waals surface area contributed by atoms with Crippen molar-refractivity contribution in [3.8, 4) is 0 Å². The number of nitrogens with one attached hydrogen (secondary N) is 3. The number of thioether (sulfide) groups is 1. The molecule has 0 fully saturated rings. The zero-order chi connectivity index (χ0) is 15.5. The maximum absolute atomic E-state index is 11.7. The van der Waals surface area contributed by atoms with Crippen molar-refractivity contribution in [3.05, 3.63) is 29.8 Å². The highest BCUT2D eigenvalue weighted by atomic mass is 32.2. The fourth-order valence-corrected chi connectivity index (χ4v) is 2.52. The van der Waals surface area contributed by atoms with Crippen LogP contribution in [0.4, 0.5) is 10.5 Å². The van der Waals surface area contributed by atoms with Gasteiger partial charge in [-0.2, -0.15) is 11.8 Å². The number of unbranched alkanes of at least 4 members (excludes halogenated alkanes) is 1. The first-order valence-electron chi connectivity index (χ1n) is 7.54. The third-order valence-corrected chi connectivity index (χ3v) is 3.94. The number of carbonyl (C=O) groups excluding carboxylic acids is 1. The first kappa shape index (κ1) is 17.9. The monoisotopic (exact) mass is 309 g/mol. The Morgan fingerprint density at radius 2 is 1.95 bits per heavy atom. The van der Waals surface area contributed by atoms with Gasteiger partial charge in [-0.15, -0.1) is 0 Å². The first-order valence-corrected chi connectivity index (χ1v) is 8.94. The van der Waals surface area contributed by atoms with E-state index in [-0.39, 0.29) is 6.03 Å². The summed E-state index contributed by atoms with van der Waals surface area (Å²) in [6, 6.07) is 8.16. The molecule has 5 heteroatoms. The smallest absolute Gasteiger partial charge is 0.319 e. The second-order valence-electron chi connectivity index (χ2n) is 4.98. The van der Waals surface area contributed by atoms with Crippen LogP contribution in [0.2, 0.25) is 0 Å². The van der Waals surface area contributed by atoms with Gasteiger partial charge in [0.15, 0.2) is 0 Å². The molecule has 0 aliphatic rings. The van der Waals surface area contributed by atoms with Crippen LogP contribution >= 0.6 is 11.8 Å². The fourth-order valence-electron chi connectivity index (χ4n) is 2.03. The zero-order valence-corrected chi connectivity index (χ0v) is 14.1. The Morgan fingerprint density at radius 1 is 1.24 bits per heavy atom. The lowest BCUT2D eigenvalue weighted by Crippen LogP contribution is -2.29. The maximum Gasteiger partial charge on any atom is 0.319 e. The number of urea groups is 1. The van der Waals surface area contributed by atoms with E-state index in [2.05, 4.69) is 36.1 Å². The Balaban J connectivity index is 2.32. The molecule has 118 valence electrons. The first-order chi connectivity index (χ1) is 10.2. The molecule has 1 aromatic rings. The number of rotatable bonds is 9. The predicted molar refractivity (Wildman–Crippen MR) is 93.2 cm³/mol. The largest absolute Gasteiger partial charge is 0.338 e. The Bertz CT molecular complexity index is 408. The van der Waals surface area contributed by atoms with E-state index < -0.39 is 0 Å². The second-order valence-corrected chi connectivity index (χ2v) is 5.97. The van der Waals surface area contributed by atoms with Crippen LogP contribution in [0.15, 0.2) is 24.3 Å². The molecule has 21 heavy (non-hydrogen) atoms. The van der Waals surface area contributed by atoms with Crippen LogP contribution in [-0.4, -0.2) is 31.1 Å². The topological polar surface area (TPSA) is 53.2 Å². The van der Waals surface area contributed by atoms with E-state index >= 15 is 0 Å². The van der Waals surface area contributed by atoms with Crippen LogP contribution in [-0.2, 0) is 0 Å². The highest BCUT2D eigenvalue weighted by Gasteiger charge is 2.04. The summed E-state index contributed by atoms with van der Waals surface area (Å²) in [5, 5.41) is 9.10. The Kier molecular flexibility index (Phi) is 8.94. The van der Waals surface area contributed by atoms with Gasteiger partial charge >= 0.3 is 6.03 Å². The molecule has 1 atom stereocenters. The summed E-state index contributed by atoms with van der Waals surface area (Å²) in [6.45, 7) is 5.89. The molecule has 0 aliphatic heterocycles. The van der Waals surface area contributed by atoms with E-state index in [1.165, 1.54) is 5.56 Å². The van der Waals surface area contributed by atoms with Crippen molar-refractivity contribution < 1.29 is 4.79 Å². The molecule has 1 aromatic carbocycles. The molecule has 0 saturated carbocycles. The maximum atomic E-state index is 11.7. The summed E-state index contributed by atoms with van der Waals surface area (Å²) in [4.78, 5) is 11.7. The summed E-state index contributed by atoms with van der Waals surface area (Å²) in [6.07, 6.45) is 4.26. The summed E-state index contributed by atoms with van der Waals surface area (Å²) >= 11 is 1.84. The minimum atomic E-state index is -0.133. The lowest BCUT2D eigenvalue weighted by Gasteiger charge is -2.13. The zero-order valence-electron chi connectivity index (χ0n) is 13.2. The minimum absolute atomic E-state index is 0.133. The molecule has 0 aromatic heterocycles. The number of carbonyl (C=O) groups is 1. The van der Waals surface area contributed by atoms with Gasteiger partial charge in [0.05, 0.1) is 0 Å². The fraction of sp³-hybridized carbons (Fsp3) is 0.562. The summed E-state index contributed by atoms with van der Waals surface area (Å²) in [5.74, 6) is 1.15. The van der Waals surface area contributed by atoms with Gasteiger partial charge in [-0.1, -0.05) is 19.1 Å². The Hall–Kier alpha value is -1.20. The van der Waals surface area contributed by atoms with E-state index in [9.17, 15) is 4.79 Å². The highest BCUT2D eigenvalue weighted by molar-refractivity contribution is 7.98. The van der Waals surface area contributed by atoms with Crippen LogP contribution in [0, 0.1) is 0 Å². The van der Waals surface area contributed by atoms with Gasteiger partial charge in [-0.3, -0.25) is 0 Å². The van der Waals surface area contributed by atoms with Crippen LogP contribution in [0.5, 0.6) is 0 Å². The number of hydrogen-bond donors (Lipinski definition) is 3. The third-order valence-electron chi connectivity index (χ3n) is 3.24. The van der Waals surface area contributed by atoms with Crippen LogP contribution < -0.4 is 16.0 Å². The Morgan fingerprint density at radius 3 is 2.57 bits per heavy atom. The van der Waals surface area contributed by atoms with E-state index in [1.54, 1.807) is 0 Å². The summed E-state index contributed by atoms with van der Waals surface area (Å²) < 4.78 is 0. The molecule has 0 radical (unpaired) electrons. The van der Waals surface area contributed by atoms with Crippen LogP contribution in [0.3, 0.4) is 0 Å². The Labute approximate surface area is 132 Å². The number of anilines is 1. The normalized spacial score (nSPS) is 12.0. The van der Waals surface area contributed by atoms with E-state index in [0.29, 0.717) is 6.04 Å². The molecule has 4 nitrogen and oxygen atoms in total. The number of benzene rings is 1. The lowest BCUT2D eigenvalue weighted by molar-refractivity contribution is 0.252. The highest BCUT2D eigenvalue weighted by Crippen LogP contribution is 2.15. The van der Waals surface area contributed by atoms with Gasteiger partial charge in [-0.25, -0.2) is 4.79 Å². The SMILES string of the molecule is CCNC(C)c1ccc(NC(=O)NCCCCSC)cc1. The molecular formula is C16H27N3OS. The van der Waals surface area contributed by atoms with Crippen LogP contribution in [0.1, 0.15) is 38.3 Å². The van der Waals surface area contributed by atoms with Gasteiger partial charge < -0.3 is 16.0 Å². The molecule has 3 N–H and O–H groups in total. The third kappa shape index (κ3) is 7.39. The van der Waals surface area contributed by atoms with Crippen molar-refractivity contribution in [2.75, 3.05) is 30.4 Å². The summed E-state index contributed by atoms with van der Waals surface area (Å²) in [5.41, 5.74) is 2.05. The molecule has 2 amide bonds. The van der Waals surface area contributed by atoms with E-state index in [0.717, 1.165) is 37.4 Å². The van der Waals surface area contributed by atoms with Crippen molar-refractivity contribution in [3.63, 3.8) is 0 Å².